The second-order valence-electron chi connectivity index (χ2n) is 11.2. The van der Waals surface area contributed by atoms with E-state index in [1.807, 2.05) is 12.1 Å². The second kappa shape index (κ2) is 12.4. The van der Waals surface area contributed by atoms with Gasteiger partial charge in [0.15, 0.2) is 0 Å². The molecule has 40 heavy (non-hydrogen) atoms. The number of hydrogen-bond acceptors (Lipinski definition) is 4. The minimum Gasteiger partial charge on any atom is -0.371 e. The Labute approximate surface area is 238 Å². The zero-order valence-corrected chi connectivity index (χ0v) is 23.7. The molecule has 0 aliphatic carbocycles. The van der Waals surface area contributed by atoms with Crippen molar-refractivity contribution in [2.75, 3.05) is 45.2 Å². The van der Waals surface area contributed by atoms with Crippen LogP contribution in [0.1, 0.15) is 54.4 Å². The van der Waals surface area contributed by atoms with Crippen molar-refractivity contribution in [3.8, 4) is 0 Å². The molecular formula is C30H37ClF3N3O3. The summed E-state index contributed by atoms with van der Waals surface area (Å²) in [6.45, 7) is 2.11. The number of halogens is 4. The van der Waals surface area contributed by atoms with E-state index >= 15 is 0 Å². The van der Waals surface area contributed by atoms with E-state index in [1.54, 1.807) is 26.2 Å². The Morgan fingerprint density at radius 1 is 0.950 bits per heavy atom. The Morgan fingerprint density at radius 2 is 1.57 bits per heavy atom. The molecule has 2 aliphatic heterocycles. The molecule has 1 unspecified atom stereocenters. The molecule has 0 spiro atoms. The van der Waals surface area contributed by atoms with Gasteiger partial charge in [-0.15, -0.1) is 0 Å². The Bertz CT molecular complexity index is 1190. The molecule has 2 heterocycles. The van der Waals surface area contributed by atoms with Crippen molar-refractivity contribution in [3.05, 3.63) is 64.7 Å². The Kier molecular flexibility index (Phi) is 9.35. The number of aliphatic hydroxyl groups is 1. The van der Waals surface area contributed by atoms with Gasteiger partial charge in [0.05, 0.1) is 10.6 Å². The summed E-state index contributed by atoms with van der Waals surface area (Å²) in [5.41, 5.74) is -2.55. The normalized spacial score (nSPS) is 20.5. The fraction of sp³-hybridized carbons (Fsp3) is 0.533. The summed E-state index contributed by atoms with van der Waals surface area (Å²) in [5.74, 6) is -0.625. The van der Waals surface area contributed by atoms with Gasteiger partial charge in [-0.2, -0.15) is 13.2 Å². The predicted molar refractivity (Wildman–Crippen MR) is 149 cm³/mol. The van der Waals surface area contributed by atoms with E-state index in [0.717, 1.165) is 56.6 Å². The van der Waals surface area contributed by atoms with Gasteiger partial charge in [0, 0.05) is 51.5 Å². The molecule has 2 aromatic carbocycles. The van der Waals surface area contributed by atoms with Crippen LogP contribution in [0.2, 0.25) is 5.02 Å². The number of hydrogen-bond donors (Lipinski definition) is 1. The largest absolute Gasteiger partial charge is 0.430 e. The van der Waals surface area contributed by atoms with Crippen LogP contribution in [0.25, 0.3) is 0 Å². The number of carbonyl (C=O) groups is 2. The molecule has 1 N–H and O–H groups in total. The van der Waals surface area contributed by atoms with Crippen molar-refractivity contribution in [3.63, 3.8) is 0 Å². The van der Waals surface area contributed by atoms with Gasteiger partial charge in [-0.05, 0) is 68.6 Å². The number of piperidine rings is 1. The number of anilines is 1. The second-order valence-corrected chi connectivity index (χ2v) is 11.6. The lowest BCUT2D eigenvalue weighted by Crippen LogP contribution is -2.55. The first-order valence-corrected chi connectivity index (χ1v) is 14.2. The van der Waals surface area contributed by atoms with Gasteiger partial charge in [0.1, 0.15) is 0 Å². The third-order valence-corrected chi connectivity index (χ3v) is 8.59. The Morgan fingerprint density at radius 3 is 2.17 bits per heavy atom. The SMILES string of the molecule is CN(C)C(=O)c1ccc(N2CCC(CC3CCCN(C(=O)[C@](O)(c4ccccc4)C(F)(F)F)CC3)CC2)cc1Cl. The minimum atomic E-state index is -5.13. The van der Waals surface area contributed by atoms with Crippen molar-refractivity contribution in [1.82, 2.24) is 9.80 Å². The van der Waals surface area contributed by atoms with Crippen LogP contribution >= 0.6 is 11.6 Å². The van der Waals surface area contributed by atoms with E-state index in [0.29, 0.717) is 35.3 Å². The van der Waals surface area contributed by atoms with E-state index < -0.39 is 23.2 Å². The number of amides is 2. The molecule has 0 saturated carbocycles. The molecule has 2 aromatic rings. The third kappa shape index (κ3) is 6.41. The van der Waals surface area contributed by atoms with Gasteiger partial charge in [-0.1, -0.05) is 41.9 Å². The van der Waals surface area contributed by atoms with Gasteiger partial charge < -0.3 is 19.8 Å². The molecule has 2 aliphatic rings. The molecule has 0 aromatic heterocycles. The maximum absolute atomic E-state index is 14.0. The summed E-state index contributed by atoms with van der Waals surface area (Å²) in [6.07, 6.45) is -0.127. The maximum atomic E-state index is 14.0. The van der Waals surface area contributed by atoms with Crippen LogP contribution in [-0.4, -0.2) is 73.2 Å². The van der Waals surface area contributed by atoms with Crippen LogP contribution in [-0.2, 0) is 10.4 Å². The number of rotatable bonds is 6. The van der Waals surface area contributed by atoms with Crippen LogP contribution in [0.3, 0.4) is 0 Å². The van der Waals surface area contributed by atoms with Crippen LogP contribution in [0.15, 0.2) is 48.5 Å². The first kappa shape index (κ1) is 30.2. The molecule has 2 fully saturated rings. The highest BCUT2D eigenvalue weighted by Gasteiger charge is 2.62. The van der Waals surface area contributed by atoms with Crippen LogP contribution in [0.5, 0.6) is 0 Å². The quantitative estimate of drug-likeness (QED) is 0.475. The first-order valence-electron chi connectivity index (χ1n) is 13.8. The van der Waals surface area contributed by atoms with E-state index in [9.17, 15) is 27.9 Å². The van der Waals surface area contributed by atoms with Crippen molar-refractivity contribution in [2.45, 2.75) is 50.3 Å². The standard InChI is InChI=1S/C30H37ClF3N3O3/c1-35(2)27(38)25-11-10-24(20-26(25)31)36-16-12-22(13-17-36)19-21-7-6-15-37(18-14-21)28(39)29(40,30(32,33)34)23-8-4-3-5-9-23/h3-5,8-11,20-22,40H,6-7,12-19H2,1-2H3/t21?,29-/m1/s1. The maximum Gasteiger partial charge on any atom is 0.430 e. The van der Waals surface area contributed by atoms with Crippen molar-refractivity contribution < 1.29 is 27.9 Å². The highest BCUT2D eigenvalue weighted by molar-refractivity contribution is 6.34. The summed E-state index contributed by atoms with van der Waals surface area (Å²) in [7, 11) is 3.38. The lowest BCUT2D eigenvalue weighted by Gasteiger charge is -2.35. The van der Waals surface area contributed by atoms with E-state index in [4.69, 9.17) is 11.6 Å². The van der Waals surface area contributed by atoms with Gasteiger partial charge in [0.2, 0.25) is 0 Å². The van der Waals surface area contributed by atoms with Crippen molar-refractivity contribution in [1.29, 1.82) is 0 Å². The summed E-state index contributed by atoms with van der Waals surface area (Å²) in [4.78, 5) is 30.3. The smallest absolute Gasteiger partial charge is 0.371 e. The molecule has 218 valence electrons. The summed E-state index contributed by atoms with van der Waals surface area (Å²) in [5, 5.41) is 11.1. The van der Waals surface area contributed by atoms with Crippen molar-refractivity contribution >= 4 is 29.1 Å². The molecule has 0 bridgehead atoms. The molecule has 10 heteroatoms. The Hall–Kier alpha value is -2.78. The Balaban J connectivity index is 1.32. The topological polar surface area (TPSA) is 64.1 Å². The average Bonchev–Trinajstić information content (AvgIpc) is 3.17. The molecule has 6 nitrogen and oxygen atoms in total. The highest BCUT2D eigenvalue weighted by Crippen LogP contribution is 2.41. The molecule has 4 rings (SSSR count). The lowest BCUT2D eigenvalue weighted by molar-refractivity contribution is -0.261. The van der Waals surface area contributed by atoms with Gasteiger partial charge in [-0.25, -0.2) is 0 Å². The third-order valence-electron chi connectivity index (χ3n) is 8.28. The van der Waals surface area contributed by atoms with E-state index in [1.165, 1.54) is 21.9 Å². The average molecular weight is 580 g/mol. The number of benzene rings is 2. The number of alkyl halides is 3. The van der Waals surface area contributed by atoms with Crippen molar-refractivity contribution in [2.24, 2.45) is 11.8 Å². The van der Waals surface area contributed by atoms with E-state index in [2.05, 4.69) is 4.90 Å². The van der Waals surface area contributed by atoms with Crippen LogP contribution in [0.4, 0.5) is 18.9 Å². The number of nitrogens with zero attached hydrogens (tertiary/aromatic N) is 3. The van der Waals surface area contributed by atoms with Crippen LogP contribution in [0, 0.1) is 11.8 Å². The molecule has 2 saturated heterocycles. The lowest BCUT2D eigenvalue weighted by atomic mass is 9.84. The molecule has 2 amide bonds. The first-order chi connectivity index (χ1) is 18.9. The van der Waals surface area contributed by atoms with Gasteiger partial charge in [-0.3, -0.25) is 9.59 Å². The van der Waals surface area contributed by atoms with Gasteiger partial charge in [0.25, 0.3) is 17.4 Å². The van der Waals surface area contributed by atoms with E-state index in [-0.39, 0.29) is 19.0 Å². The zero-order valence-electron chi connectivity index (χ0n) is 23.0. The zero-order chi connectivity index (χ0) is 29.1. The molecule has 0 radical (unpaired) electrons. The minimum absolute atomic E-state index is 0.137. The number of likely N-dealkylation sites (tertiary alicyclic amines) is 1. The fourth-order valence-corrected chi connectivity index (χ4v) is 6.19. The predicted octanol–water partition coefficient (Wildman–Crippen LogP) is 5.73. The highest BCUT2D eigenvalue weighted by atomic mass is 35.5. The molecule has 2 atom stereocenters. The van der Waals surface area contributed by atoms with Gasteiger partial charge >= 0.3 is 6.18 Å². The fourth-order valence-electron chi connectivity index (χ4n) is 5.93. The monoisotopic (exact) mass is 579 g/mol. The summed E-state index contributed by atoms with van der Waals surface area (Å²) >= 11 is 6.40. The summed E-state index contributed by atoms with van der Waals surface area (Å²) < 4.78 is 42.1. The van der Waals surface area contributed by atoms with Crippen LogP contribution < -0.4 is 4.90 Å². The molecular weight excluding hydrogens is 543 g/mol. The summed E-state index contributed by atoms with van der Waals surface area (Å²) in [6, 6.07) is 12.1. The number of carbonyl (C=O) groups excluding carboxylic acids is 2.